The monoisotopic (exact) mass is 353 g/mol. The number of benzene rings is 2. The number of aryl methyl sites for hydroxylation is 1. The summed E-state index contributed by atoms with van der Waals surface area (Å²) in [6.45, 7) is 1.58. The van der Waals surface area contributed by atoms with Gasteiger partial charge in [-0.1, -0.05) is 0 Å². The average molecular weight is 353 g/mol. The molecular formula is C17H11N3O6. The van der Waals surface area contributed by atoms with Crippen LogP contribution in [0.4, 0.5) is 11.4 Å². The number of carbonyl (C=O) groups is 1. The molecule has 26 heavy (non-hydrogen) atoms. The molecule has 1 heterocycles. The van der Waals surface area contributed by atoms with Crippen LogP contribution in [0, 0.1) is 27.2 Å². The molecule has 130 valence electrons. The number of rotatable bonds is 4. The second-order valence-corrected chi connectivity index (χ2v) is 5.44. The Morgan fingerprint density at radius 3 is 2.31 bits per heavy atom. The standard InChI is InChI=1S/C17H11N3O6/c1-10-8-12(4-7-15(10)20(24)25)16-18-14(17(21)26-16)9-11-2-5-13(6-3-11)19(22)23/h2-9H,1H3/b14-9-. The predicted molar refractivity (Wildman–Crippen MR) is 91.5 cm³/mol. The minimum absolute atomic E-state index is 0.0323. The zero-order valence-electron chi connectivity index (χ0n) is 13.4. The SMILES string of the molecule is Cc1cc(C2=N/C(=C\c3ccc([N+](=O)[O-])cc3)C(=O)O2)ccc1[N+](=O)[O-]. The van der Waals surface area contributed by atoms with Gasteiger partial charge in [-0.05, 0) is 42.8 Å². The fraction of sp³-hybridized carbons (Fsp3) is 0.0588. The topological polar surface area (TPSA) is 125 Å². The lowest BCUT2D eigenvalue weighted by atomic mass is 10.1. The highest BCUT2D eigenvalue weighted by Crippen LogP contribution is 2.24. The van der Waals surface area contributed by atoms with E-state index in [0.717, 1.165) is 0 Å². The maximum atomic E-state index is 12.0. The summed E-state index contributed by atoms with van der Waals surface area (Å²) in [5, 5.41) is 21.5. The number of nitro groups is 2. The number of nitro benzene ring substituents is 2. The van der Waals surface area contributed by atoms with Crippen molar-refractivity contribution in [2.75, 3.05) is 0 Å². The minimum atomic E-state index is -0.672. The predicted octanol–water partition coefficient (Wildman–Crippen LogP) is 3.16. The van der Waals surface area contributed by atoms with Gasteiger partial charge in [0.15, 0.2) is 5.70 Å². The Morgan fingerprint density at radius 1 is 1.04 bits per heavy atom. The van der Waals surface area contributed by atoms with Crippen LogP contribution < -0.4 is 0 Å². The van der Waals surface area contributed by atoms with Crippen LogP contribution in [0.25, 0.3) is 6.08 Å². The van der Waals surface area contributed by atoms with Crippen LogP contribution in [-0.2, 0) is 9.53 Å². The van der Waals surface area contributed by atoms with E-state index in [-0.39, 0.29) is 23.0 Å². The average Bonchev–Trinajstić information content (AvgIpc) is 2.95. The highest BCUT2D eigenvalue weighted by Gasteiger charge is 2.25. The van der Waals surface area contributed by atoms with Crippen molar-refractivity contribution >= 4 is 29.3 Å². The van der Waals surface area contributed by atoms with Crippen LogP contribution in [0.2, 0.25) is 0 Å². The van der Waals surface area contributed by atoms with E-state index in [4.69, 9.17) is 4.74 Å². The molecule has 0 fully saturated rings. The van der Waals surface area contributed by atoms with Crippen LogP contribution in [0.5, 0.6) is 0 Å². The lowest BCUT2D eigenvalue weighted by Crippen LogP contribution is -2.06. The molecule has 0 saturated heterocycles. The summed E-state index contributed by atoms with van der Waals surface area (Å²) in [5.41, 5.74) is 1.33. The van der Waals surface area contributed by atoms with Crippen molar-refractivity contribution in [3.05, 3.63) is 85.1 Å². The van der Waals surface area contributed by atoms with E-state index in [1.54, 1.807) is 6.92 Å². The van der Waals surface area contributed by atoms with Crippen molar-refractivity contribution in [3.8, 4) is 0 Å². The summed E-state index contributed by atoms with van der Waals surface area (Å²) in [6.07, 6.45) is 1.44. The third-order valence-electron chi connectivity index (χ3n) is 3.67. The van der Waals surface area contributed by atoms with Crippen molar-refractivity contribution in [2.24, 2.45) is 4.99 Å². The highest BCUT2D eigenvalue weighted by atomic mass is 16.6. The van der Waals surface area contributed by atoms with E-state index in [9.17, 15) is 25.0 Å². The van der Waals surface area contributed by atoms with Gasteiger partial charge in [0.05, 0.1) is 9.85 Å². The van der Waals surface area contributed by atoms with Crippen LogP contribution >= 0.6 is 0 Å². The van der Waals surface area contributed by atoms with E-state index in [0.29, 0.717) is 16.7 Å². The first-order valence-corrected chi connectivity index (χ1v) is 7.37. The number of hydrogen-bond donors (Lipinski definition) is 0. The minimum Gasteiger partial charge on any atom is -0.402 e. The van der Waals surface area contributed by atoms with Crippen LogP contribution in [0.15, 0.2) is 53.2 Å². The molecule has 0 radical (unpaired) electrons. The molecule has 1 aliphatic heterocycles. The van der Waals surface area contributed by atoms with E-state index >= 15 is 0 Å². The van der Waals surface area contributed by atoms with Crippen molar-refractivity contribution < 1.29 is 19.4 Å². The molecule has 0 aliphatic carbocycles. The summed E-state index contributed by atoms with van der Waals surface area (Å²) in [5.74, 6) is -0.629. The molecule has 9 heteroatoms. The number of nitrogens with zero attached hydrogens (tertiary/aromatic N) is 3. The fourth-order valence-electron chi connectivity index (χ4n) is 2.38. The molecule has 2 aromatic carbocycles. The quantitative estimate of drug-likeness (QED) is 0.360. The van der Waals surface area contributed by atoms with Gasteiger partial charge in [0.25, 0.3) is 11.4 Å². The van der Waals surface area contributed by atoms with Gasteiger partial charge in [0, 0.05) is 29.3 Å². The number of ether oxygens (including phenoxy) is 1. The van der Waals surface area contributed by atoms with E-state index < -0.39 is 15.8 Å². The normalized spacial score (nSPS) is 14.9. The Kier molecular flexibility index (Phi) is 4.27. The van der Waals surface area contributed by atoms with Crippen molar-refractivity contribution in [3.63, 3.8) is 0 Å². The molecule has 0 spiro atoms. The summed E-state index contributed by atoms with van der Waals surface area (Å²) in [7, 11) is 0. The van der Waals surface area contributed by atoms with Crippen molar-refractivity contribution in [1.29, 1.82) is 0 Å². The number of hydrogen-bond acceptors (Lipinski definition) is 7. The molecule has 3 rings (SSSR count). The maximum absolute atomic E-state index is 12.0. The van der Waals surface area contributed by atoms with Gasteiger partial charge in [-0.25, -0.2) is 9.79 Å². The first kappa shape index (κ1) is 17.0. The molecule has 2 aromatic rings. The van der Waals surface area contributed by atoms with Gasteiger partial charge in [0.2, 0.25) is 5.90 Å². The first-order chi connectivity index (χ1) is 12.3. The number of carbonyl (C=O) groups excluding carboxylic acids is 1. The number of esters is 1. The van der Waals surface area contributed by atoms with E-state index in [1.165, 1.54) is 48.5 Å². The summed E-state index contributed by atoms with van der Waals surface area (Å²) in [4.78, 5) is 36.6. The highest BCUT2D eigenvalue weighted by molar-refractivity contribution is 6.13. The molecular weight excluding hydrogens is 342 g/mol. The van der Waals surface area contributed by atoms with Crippen molar-refractivity contribution in [2.45, 2.75) is 6.92 Å². The lowest BCUT2D eigenvalue weighted by Gasteiger charge is -2.01. The van der Waals surface area contributed by atoms with Gasteiger partial charge in [-0.15, -0.1) is 0 Å². The maximum Gasteiger partial charge on any atom is 0.363 e. The van der Waals surface area contributed by atoms with Crippen LogP contribution in [0.1, 0.15) is 16.7 Å². The first-order valence-electron chi connectivity index (χ1n) is 7.37. The van der Waals surface area contributed by atoms with Gasteiger partial charge in [-0.2, -0.15) is 0 Å². The Morgan fingerprint density at radius 2 is 1.73 bits per heavy atom. The number of aliphatic imine (C=N–C) groups is 1. The van der Waals surface area contributed by atoms with Gasteiger partial charge in [0.1, 0.15) is 0 Å². The molecule has 1 aliphatic rings. The lowest BCUT2D eigenvalue weighted by molar-refractivity contribution is -0.385. The molecule has 0 bridgehead atoms. The Bertz CT molecular complexity index is 992. The Balaban J connectivity index is 1.90. The van der Waals surface area contributed by atoms with Crippen molar-refractivity contribution in [1.82, 2.24) is 0 Å². The van der Waals surface area contributed by atoms with Gasteiger partial charge < -0.3 is 4.74 Å². The Labute approximate surface area is 146 Å². The third kappa shape index (κ3) is 3.31. The van der Waals surface area contributed by atoms with Crippen LogP contribution in [-0.4, -0.2) is 21.7 Å². The second kappa shape index (κ2) is 6.55. The summed E-state index contributed by atoms with van der Waals surface area (Å²) < 4.78 is 5.11. The molecule has 0 atom stereocenters. The zero-order valence-corrected chi connectivity index (χ0v) is 13.4. The third-order valence-corrected chi connectivity index (χ3v) is 3.67. The summed E-state index contributed by atoms with van der Waals surface area (Å²) in [6, 6.07) is 9.89. The Hall–Kier alpha value is -3.88. The fourth-order valence-corrected chi connectivity index (χ4v) is 2.38. The number of cyclic esters (lactones) is 1. The number of non-ortho nitro benzene ring substituents is 1. The molecule has 0 unspecified atom stereocenters. The zero-order chi connectivity index (χ0) is 18.8. The second-order valence-electron chi connectivity index (χ2n) is 5.44. The van der Waals surface area contributed by atoms with Crippen LogP contribution in [0.3, 0.4) is 0 Å². The van der Waals surface area contributed by atoms with Gasteiger partial charge in [-0.3, -0.25) is 20.2 Å². The van der Waals surface area contributed by atoms with E-state index in [1.807, 2.05) is 0 Å². The molecule has 0 N–H and O–H groups in total. The van der Waals surface area contributed by atoms with Gasteiger partial charge >= 0.3 is 5.97 Å². The van der Waals surface area contributed by atoms with E-state index in [2.05, 4.69) is 4.99 Å². The summed E-state index contributed by atoms with van der Waals surface area (Å²) >= 11 is 0. The molecule has 9 nitrogen and oxygen atoms in total. The largest absolute Gasteiger partial charge is 0.402 e. The smallest absolute Gasteiger partial charge is 0.363 e. The molecule has 0 saturated carbocycles. The molecule has 0 aromatic heterocycles. The molecule has 0 amide bonds.